The Bertz CT molecular complexity index is 966. The summed E-state index contributed by atoms with van der Waals surface area (Å²) >= 11 is 4.53. The third-order valence-electron chi connectivity index (χ3n) is 4.53. The Balaban J connectivity index is 1.85. The predicted molar refractivity (Wildman–Crippen MR) is 106 cm³/mol. The Kier molecular flexibility index (Phi) is 5.53. The third-order valence-corrected chi connectivity index (χ3v) is 6.10. The minimum Gasteiger partial charge on any atom is -0.319 e. The van der Waals surface area contributed by atoms with E-state index in [-0.39, 0.29) is 12.5 Å². The summed E-state index contributed by atoms with van der Waals surface area (Å²) in [6.45, 7) is 5.32. The molecule has 2 heterocycles. The van der Waals surface area contributed by atoms with Crippen LogP contribution in [0.1, 0.15) is 32.0 Å². The first-order valence-electron chi connectivity index (χ1n) is 8.49. The van der Waals surface area contributed by atoms with Crippen LogP contribution in [0, 0.1) is 5.82 Å². The van der Waals surface area contributed by atoms with Gasteiger partial charge in [0.15, 0.2) is 5.13 Å². The molecule has 1 N–H and O–H groups in total. The van der Waals surface area contributed by atoms with E-state index in [1.165, 1.54) is 41.4 Å². The van der Waals surface area contributed by atoms with E-state index in [1.54, 1.807) is 12.3 Å². The van der Waals surface area contributed by atoms with Gasteiger partial charge in [-0.1, -0.05) is 22.0 Å². The third kappa shape index (κ3) is 3.53. The molecular weight excluding hydrogens is 451 g/mol. The summed E-state index contributed by atoms with van der Waals surface area (Å²) in [7, 11) is 0. The van der Waals surface area contributed by atoms with Gasteiger partial charge in [0.05, 0.1) is 12.2 Å². The molecule has 2 aromatic rings. The van der Waals surface area contributed by atoms with Crippen LogP contribution in [0.5, 0.6) is 0 Å². The van der Waals surface area contributed by atoms with Crippen molar-refractivity contribution in [2.75, 3.05) is 11.4 Å². The number of urea groups is 1. The maximum absolute atomic E-state index is 13.4. The van der Waals surface area contributed by atoms with E-state index in [0.717, 1.165) is 4.90 Å². The van der Waals surface area contributed by atoms with E-state index in [1.807, 2.05) is 6.92 Å². The van der Waals surface area contributed by atoms with Crippen molar-refractivity contribution in [3.05, 3.63) is 45.1 Å². The Morgan fingerprint density at radius 1 is 1.43 bits per heavy atom. The second-order valence-corrected chi connectivity index (χ2v) is 8.15. The average Bonchev–Trinajstić information content (AvgIpc) is 3.14. The van der Waals surface area contributed by atoms with E-state index in [2.05, 4.69) is 26.2 Å². The molecule has 1 aliphatic rings. The van der Waals surface area contributed by atoms with Crippen LogP contribution in [0.2, 0.25) is 0 Å². The smallest absolute Gasteiger partial charge is 0.319 e. The Labute approximate surface area is 173 Å². The summed E-state index contributed by atoms with van der Waals surface area (Å²) in [5.41, 5.74) is -0.356. The number of hydrogen-bond acceptors (Lipinski definition) is 5. The number of anilines is 1. The average molecular weight is 469 g/mol. The number of amides is 4. The fourth-order valence-corrected chi connectivity index (χ4v) is 4.74. The largest absolute Gasteiger partial charge is 0.325 e. The van der Waals surface area contributed by atoms with Crippen LogP contribution < -0.4 is 10.2 Å². The van der Waals surface area contributed by atoms with Gasteiger partial charge < -0.3 is 5.32 Å². The Hall–Kier alpha value is -2.33. The minimum atomic E-state index is -1.32. The van der Waals surface area contributed by atoms with Crippen LogP contribution >= 0.6 is 27.3 Å². The summed E-state index contributed by atoms with van der Waals surface area (Å²) in [6.07, 6.45) is 0. The quantitative estimate of drug-likeness (QED) is 0.681. The van der Waals surface area contributed by atoms with Gasteiger partial charge in [-0.25, -0.2) is 14.2 Å². The molecule has 28 heavy (non-hydrogen) atoms. The Morgan fingerprint density at radius 3 is 2.75 bits per heavy atom. The molecule has 10 heteroatoms. The fourth-order valence-electron chi connectivity index (χ4n) is 3.07. The second kappa shape index (κ2) is 7.59. The van der Waals surface area contributed by atoms with Crippen molar-refractivity contribution in [3.8, 4) is 0 Å². The highest BCUT2D eigenvalue weighted by atomic mass is 79.9. The molecule has 0 radical (unpaired) electrons. The second-order valence-electron chi connectivity index (χ2n) is 6.46. The van der Waals surface area contributed by atoms with Crippen LogP contribution in [0.15, 0.2) is 28.1 Å². The molecule has 0 aliphatic carbocycles. The van der Waals surface area contributed by atoms with Gasteiger partial charge >= 0.3 is 6.03 Å². The van der Waals surface area contributed by atoms with Gasteiger partial charge in [0.1, 0.15) is 11.4 Å². The Morgan fingerprint density at radius 2 is 2.14 bits per heavy atom. The molecule has 0 saturated carbocycles. The predicted octanol–water partition coefficient (Wildman–Crippen LogP) is 3.38. The van der Waals surface area contributed by atoms with Crippen LogP contribution in [0.25, 0.3) is 0 Å². The van der Waals surface area contributed by atoms with Crippen molar-refractivity contribution >= 4 is 50.2 Å². The number of aromatic nitrogens is 1. The molecule has 1 atom stereocenters. The summed E-state index contributed by atoms with van der Waals surface area (Å²) in [6, 6.07) is 3.39. The lowest BCUT2D eigenvalue weighted by molar-refractivity contribution is -0.131. The van der Waals surface area contributed by atoms with Crippen LogP contribution in [0.3, 0.4) is 0 Å². The van der Waals surface area contributed by atoms with E-state index in [0.29, 0.717) is 27.4 Å². The van der Waals surface area contributed by atoms with Crippen molar-refractivity contribution in [1.29, 1.82) is 0 Å². The number of carbonyl (C=O) groups excluding carboxylic acids is 3. The highest BCUT2D eigenvalue weighted by Gasteiger charge is 2.50. The molecule has 4 amide bonds. The van der Waals surface area contributed by atoms with Gasteiger partial charge in [-0.15, -0.1) is 11.3 Å². The highest BCUT2D eigenvalue weighted by Crippen LogP contribution is 2.35. The summed E-state index contributed by atoms with van der Waals surface area (Å²) in [5, 5.41) is 4.91. The first-order valence-corrected chi connectivity index (χ1v) is 10.2. The number of benzene rings is 1. The molecule has 7 nitrogen and oxygen atoms in total. The molecule has 0 unspecified atom stereocenters. The molecule has 1 aliphatic heterocycles. The first-order chi connectivity index (χ1) is 13.2. The topological polar surface area (TPSA) is 82.6 Å². The zero-order valence-corrected chi connectivity index (χ0v) is 17.9. The molecule has 1 saturated heterocycles. The molecule has 1 fully saturated rings. The monoisotopic (exact) mass is 468 g/mol. The van der Waals surface area contributed by atoms with Crippen molar-refractivity contribution in [2.24, 2.45) is 0 Å². The van der Waals surface area contributed by atoms with Gasteiger partial charge in [-0.2, -0.15) is 0 Å². The van der Waals surface area contributed by atoms with Gasteiger partial charge in [-0.3, -0.25) is 19.4 Å². The zero-order chi connectivity index (χ0) is 20.6. The standard InChI is InChI=1S/C18H18BrFN4O3S/c1-4-23(10(2)25)17-21-12(9-28-17)8-24-15(26)18(3,22-16(24)27)13-6-5-11(20)7-14(13)19/h5-7,9H,4,8H2,1-3H3,(H,22,27)/t18-/m1/s1. The lowest BCUT2D eigenvalue weighted by atomic mass is 9.92. The summed E-state index contributed by atoms with van der Waals surface area (Å²) < 4.78 is 13.8. The molecule has 0 bridgehead atoms. The van der Waals surface area contributed by atoms with Gasteiger partial charge in [0, 0.05) is 28.9 Å². The molecule has 0 spiro atoms. The summed E-state index contributed by atoms with van der Waals surface area (Å²) in [4.78, 5) is 44.1. The normalized spacial score (nSPS) is 19.1. The number of nitrogens with one attached hydrogen (secondary N) is 1. The van der Waals surface area contributed by atoms with Gasteiger partial charge in [-0.05, 0) is 26.0 Å². The van der Waals surface area contributed by atoms with Gasteiger partial charge in [0.25, 0.3) is 5.91 Å². The molecule has 1 aromatic carbocycles. The van der Waals surface area contributed by atoms with Crippen LogP contribution in [0.4, 0.5) is 14.3 Å². The van der Waals surface area contributed by atoms with Crippen LogP contribution in [-0.4, -0.2) is 34.3 Å². The van der Waals surface area contributed by atoms with Crippen molar-refractivity contribution < 1.29 is 18.8 Å². The lowest BCUT2D eigenvalue weighted by Gasteiger charge is -2.23. The molecule has 3 rings (SSSR count). The number of nitrogens with zero attached hydrogens (tertiary/aromatic N) is 3. The number of imide groups is 1. The number of hydrogen-bond donors (Lipinski definition) is 1. The van der Waals surface area contributed by atoms with Crippen molar-refractivity contribution in [3.63, 3.8) is 0 Å². The first kappa shape index (κ1) is 20.4. The molecular formula is C18H18BrFN4O3S. The van der Waals surface area contributed by atoms with E-state index in [4.69, 9.17) is 0 Å². The SMILES string of the molecule is CCN(C(C)=O)c1nc(CN2C(=O)N[C@](C)(c3ccc(F)cc3Br)C2=O)cs1. The minimum absolute atomic E-state index is 0.0228. The maximum atomic E-state index is 13.4. The van der Waals surface area contributed by atoms with Crippen molar-refractivity contribution in [2.45, 2.75) is 32.9 Å². The number of halogens is 2. The molecule has 148 valence electrons. The lowest BCUT2D eigenvalue weighted by Crippen LogP contribution is -2.41. The maximum Gasteiger partial charge on any atom is 0.325 e. The number of thiazole rings is 1. The van der Waals surface area contributed by atoms with Crippen LogP contribution in [-0.2, 0) is 21.7 Å². The zero-order valence-electron chi connectivity index (χ0n) is 15.5. The van der Waals surface area contributed by atoms with E-state index in [9.17, 15) is 18.8 Å². The van der Waals surface area contributed by atoms with Crippen molar-refractivity contribution in [1.82, 2.24) is 15.2 Å². The summed E-state index contributed by atoms with van der Waals surface area (Å²) in [5.74, 6) is -1.04. The molecule has 1 aromatic heterocycles. The number of rotatable bonds is 5. The number of carbonyl (C=O) groups is 3. The highest BCUT2D eigenvalue weighted by molar-refractivity contribution is 9.10. The van der Waals surface area contributed by atoms with E-state index >= 15 is 0 Å². The van der Waals surface area contributed by atoms with E-state index < -0.39 is 23.3 Å². The fraction of sp³-hybridized carbons (Fsp3) is 0.333. The van der Waals surface area contributed by atoms with Gasteiger partial charge in [0.2, 0.25) is 5.91 Å².